The number of carbonyl (C=O) groups excluding carboxylic acids is 6. The second-order valence-corrected chi connectivity index (χ2v) is 13.5. The molecule has 0 aliphatic carbocycles. The number of ether oxygens (including phenoxy) is 1. The van der Waals surface area contributed by atoms with Crippen LogP contribution in [0.1, 0.15) is 72.1 Å². The van der Waals surface area contributed by atoms with Gasteiger partial charge in [0.05, 0.1) is 12.7 Å². The zero-order valence-electron chi connectivity index (χ0n) is 27.8. The number of amides is 5. The molecule has 0 aromatic rings. The number of carbonyl (C=O) groups is 6. The first-order chi connectivity index (χ1) is 22.9. The van der Waals surface area contributed by atoms with Gasteiger partial charge in [-0.15, -0.1) is 0 Å². The standard InChI is InChI=1S/C30H49N9O9/c1-4-17(2)23-28(46)38-21(10-7-13-33-38)26(44)36-19(8-5-11-31-36)25(43)37-20(9-6-12-32-37)27(45)39-22(14-18(41)15-34-39)24(42)35-30(3,16-40)29(47)48-23/h17-23,31-34,40-41H,4-16H2,1-3H3,(H,35,42)/t17-,18-,19-,20+,21+,22-,23-,30-/m0/s1. The molecule has 5 heterocycles. The number of hydrazine groups is 4. The Balaban J connectivity index is 1.59. The van der Waals surface area contributed by atoms with Gasteiger partial charge < -0.3 is 20.3 Å². The zero-order valence-corrected chi connectivity index (χ0v) is 27.8. The second kappa shape index (κ2) is 15.0. The van der Waals surface area contributed by atoms with Gasteiger partial charge in [-0.3, -0.25) is 44.0 Å². The molecule has 0 saturated carbocycles. The number of hydrogen-bond donors (Lipinski definition) is 7. The molecule has 0 aromatic carbocycles. The summed E-state index contributed by atoms with van der Waals surface area (Å²) in [6.45, 7) is 4.96. The van der Waals surface area contributed by atoms with E-state index in [1.165, 1.54) is 22.0 Å². The highest BCUT2D eigenvalue weighted by Gasteiger charge is 2.50. The van der Waals surface area contributed by atoms with Crippen molar-refractivity contribution in [3.05, 3.63) is 0 Å². The number of aliphatic hydroxyl groups is 2. The van der Waals surface area contributed by atoms with Crippen LogP contribution in [0.2, 0.25) is 0 Å². The number of nitrogens with one attached hydrogen (secondary N) is 5. The van der Waals surface area contributed by atoms with Gasteiger partial charge in [-0.2, -0.15) is 0 Å². The molecular weight excluding hydrogens is 630 g/mol. The van der Waals surface area contributed by atoms with Crippen LogP contribution in [-0.4, -0.2) is 140 Å². The van der Waals surface area contributed by atoms with Crippen molar-refractivity contribution in [3.63, 3.8) is 0 Å². The van der Waals surface area contributed by atoms with E-state index >= 15 is 0 Å². The van der Waals surface area contributed by atoms with Crippen molar-refractivity contribution in [3.8, 4) is 0 Å². The molecule has 0 unspecified atom stereocenters. The van der Waals surface area contributed by atoms with Crippen LogP contribution in [0.15, 0.2) is 0 Å². The first-order valence-electron chi connectivity index (χ1n) is 17.0. The summed E-state index contributed by atoms with van der Waals surface area (Å²) in [7, 11) is 0. The van der Waals surface area contributed by atoms with Crippen molar-refractivity contribution >= 4 is 35.5 Å². The van der Waals surface area contributed by atoms with E-state index in [4.69, 9.17) is 4.74 Å². The zero-order chi connectivity index (χ0) is 34.7. The summed E-state index contributed by atoms with van der Waals surface area (Å²) in [4.78, 5) is 84.5. The molecule has 18 heteroatoms. The molecule has 0 spiro atoms. The minimum absolute atomic E-state index is 0.0532. The average Bonchev–Trinajstić information content (AvgIpc) is 3.11. The largest absolute Gasteiger partial charge is 0.450 e. The van der Waals surface area contributed by atoms with Crippen molar-refractivity contribution in [2.45, 2.75) is 114 Å². The van der Waals surface area contributed by atoms with E-state index in [1.54, 1.807) is 13.8 Å². The summed E-state index contributed by atoms with van der Waals surface area (Å²) in [5.74, 6) is -4.83. The lowest BCUT2D eigenvalue weighted by Crippen LogP contribution is -2.72. The maximum absolute atomic E-state index is 14.3. The van der Waals surface area contributed by atoms with E-state index in [0.717, 1.165) is 5.01 Å². The van der Waals surface area contributed by atoms with Crippen molar-refractivity contribution < 1.29 is 43.7 Å². The summed E-state index contributed by atoms with van der Waals surface area (Å²) in [6.07, 6.45) is 0.294. The van der Waals surface area contributed by atoms with Gasteiger partial charge in [-0.05, 0) is 51.9 Å². The Morgan fingerprint density at radius 1 is 0.771 bits per heavy atom. The van der Waals surface area contributed by atoms with Crippen LogP contribution in [-0.2, 0) is 33.5 Å². The lowest BCUT2D eigenvalue weighted by atomic mass is 9.96. The van der Waals surface area contributed by atoms with E-state index in [1.807, 2.05) is 0 Å². The van der Waals surface area contributed by atoms with Gasteiger partial charge in [0.1, 0.15) is 24.2 Å². The van der Waals surface area contributed by atoms with Crippen molar-refractivity contribution in [2.24, 2.45) is 5.92 Å². The number of fused-ring (bicyclic) bond motifs is 4. The fraction of sp³-hybridized carbons (Fsp3) is 0.800. The van der Waals surface area contributed by atoms with Crippen molar-refractivity contribution in [1.29, 1.82) is 0 Å². The molecule has 8 atom stereocenters. The molecule has 0 aromatic heterocycles. The number of nitrogens with zero attached hydrogens (tertiary/aromatic N) is 4. The van der Waals surface area contributed by atoms with Crippen LogP contribution in [0.5, 0.6) is 0 Å². The minimum atomic E-state index is -2.05. The summed E-state index contributed by atoms with van der Waals surface area (Å²) < 4.78 is 5.77. The quantitative estimate of drug-likeness (QED) is 0.146. The first kappa shape index (κ1) is 35.9. The highest BCUT2D eigenvalue weighted by atomic mass is 16.6. The van der Waals surface area contributed by atoms with Gasteiger partial charge in [-0.25, -0.2) is 26.5 Å². The van der Waals surface area contributed by atoms with Crippen LogP contribution in [0, 0.1) is 5.92 Å². The molecule has 48 heavy (non-hydrogen) atoms. The molecule has 5 fully saturated rings. The Labute approximate surface area is 279 Å². The van der Waals surface area contributed by atoms with Crippen LogP contribution >= 0.6 is 0 Å². The Kier molecular flexibility index (Phi) is 11.2. The predicted molar refractivity (Wildman–Crippen MR) is 166 cm³/mol. The first-order valence-corrected chi connectivity index (χ1v) is 17.0. The number of aliphatic hydroxyl groups excluding tert-OH is 2. The molecule has 5 amide bonds. The third-order valence-corrected chi connectivity index (χ3v) is 9.96. The minimum Gasteiger partial charge on any atom is -0.450 e. The van der Waals surface area contributed by atoms with E-state index in [9.17, 15) is 39.0 Å². The Hall–Kier alpha value is -3.42. The number of rotatable bonds is 3. The van der Waals surface area contributed by atoms with Crippen LogP contribution in [0.3, 0.4) is 0 Å². The normalized spacial score (nSPS) is 35.4. The summed E-state index contributed by atoms with van der Waals surface area (Å²) in [6, 6.07) is -4.45. The monoisotopic (exact) mass is 679 g/mol. The molecule has 18 nitrogen and oxygen atoms in total. The average molecular weight is 680 g/mol. The Bertz CT molecular complexity index is 1260. The smallest absolute Gasteiger partial charge is 0.334 e. The number of cyclic esters (lactones) is 1. The van der Waals surface area contributed by atoms with Crippen molar-refractivity contribution in [2.75, 3.05) is 32.8 Å². The van der Waals surface area contributed by atoms with Gasteiger partial charge in [-0.1, -0.05) is 13.8 Å². The van der Waals surface area contributed by atoms with Gasteiger partial charge in [0.25, 0.3) is 23.6 Å². The maximum atomic E-state index is 14.3. The molecule has 7 N–H and O–H groups in total. The predicted octanol–water partition coefficient (Wildman–Crippen LogP) is -3.22. The number of esters is 1. The topological polar surface area (TPSA) is 225 Å². The Morgan fingerprint density at radius 2 is 1.23 bits per heavy atom. The molecule has 5 aliphatic rings. The van der Waals surface area contributed by atoms with E-state index < -0.39 is 89.9 Å². The number of β-amino-alcohol motifs (C(OH)–C–C–N with tert-alkyl or cyclic N) is 1. The third kappa shape index (κ3) is 7.00. The molecule has 5 aliphatic heterocycles. The Morgan fingerprint density at radius 3 is 1.69 bits per heavy atom. The van der Waals surface area contributed by atoms with E-state index in [0.29, 0.717) is 51.7 Å². The van der Waals surface area contributed by atoms with E-state index in [-0.39, 0.29) is 25.8 Å². The van der Waals surface area contributed by atoms with Crippen LogP contribution in [0.4, 0.5) is 0 Å². The lowest BCUT2D eigenvalue weighted by molar-refractivity contribution is -0.178. The molecule has 268 valence electrons. The number of hydrogen-bond acceptors (Lipinski definition) is 13. The SMILES string of the molecule is CC[C@H](C)[C@@H]1OC(=O)[C@](C)(CO)NC(=O)[C@@H]2C[C@H](O)CNN2C(=O)[C@H]2CCCNN2C(=O)[C@@H]2CCCNN2C(=O)[C@H]2CCCNN2C1=O. The lowest BCUT2D eigenvalue weighted by Gasteiger charge is -2.46. The highest BCUT2D eigenvalue weighted by Crippen LogP contribution is 2.26. The van der Waals surface area contributed by atoms with Gasteiger partial charge >= 0.3 is 5.97 Å². The van der Waals surface area contributed by atoms with E-state index in [2.05, 4.69) is 27.0 Å². The maximum Gasteiger partial charge on any atom is 0.334 e. The molecule has 5 rings (SSSR count). The van der Waals surface area contributed by atoms with Crippen molar-refractivity contribution in [1.82, 2.24) is 47.1 Å². The van der Waals surface area contributed by atoms with Gasteiger partial charge in [0.2, 0.25) is 5.91 Å². The highest BCUT2D eigenvalue weighted by molar-refractivity contribution is 5.97. The van der Waals surface area contributed by atoms with Crippen LogP contribution in [0.25, 0.3) is 0 Å². The molecule has 5 saturated heterocycles. The summed E-state index contributed by atoms with van der Waals surface area (Å²) in [5.41, 5.74) is 9.81. The molecule has 0 radical (unpaired) electrons. The fourth-order valence-corrected chi connectivity index (χ4v) is 6.81. The molecular formula is C30H49N9O9. The third-order valence-electron chi connectivity index (χ3n) is 9.96. The fourth-order valence-electron chi connectivity index (χ4n) is 6.81. The second-order valence-electron chi connectivity index (χ2n) is 13.5. The van der Waals surface area contributed by atoms with Gasteiger partial charge in [0, 0.05) is 38.5 Å². The molecule has 0 bridgehead atoms. The van der Waals surface area contributed by atoms with Gasteiger partial charge in [0.15, 0.2) is 11.6 Å². The van der Waals surface area contributed by atoms with Crippen LogP contribution < -0.4 is 27.0 Å². The summed E-state index contributed by atoms with van der Waals surface area (Å²) >= 11 is 0. The summed E-state index contributed by atoms with van der Waals surface area (Å²) in [5, 5.41) is 28.1.